The molecule has 0 heterocycles. The van der Waals surface area contributed by atoms with E-state index >= 15 is 0 Å². The van der Waals surface area contributed by atoms with Crippen LogP contribution >= 0.6 is 11.6 Å². The predicted octanol–water partition coefficient (Wildman–Crippen LogP) is 4.88. The van der Waals surface area contributed by atoms with Crippen molar-refractivity contribution in [2.24, 2.45) is 0 Å². The Bertz CT molecular complexity index is 729. The van der Waals surface area contributed by atoms with Gasteiger partial charge in [0.15, 0.2) is 0 Å². The molecule has 1 N–H and O–H groups in total. The van der Waals surface area contributed by atoms with Crippen molar-refractivity contribution in [1.29, 1.82) is 0 Å². The normalized spacial score (nSPS) is 18.2. The number of carbonyl (C=O) groups excluding carboxylic acids is 2. The van der Waals surface area contributed by atoms with E-state index in [0.717, 1.165) is 44.9 Å². The van der Waals surface area contributed by atoms with Gasteiger partial charge in [0, 0.05) is 12.6 Å². The highest BCUT2D eigenvalue weighted by Crippen LogP contribution is 2.27. The van der Waals surface area contributed by atoms with Gasteiger partial charge >= 0.3 is 0 Å². The molecule has 0 spiro atoms. The number of amides is 2. The van der Waals surface area contributed by atoms with E-state index in [-0.39, 0.29) is 29.6 Å². The molecule has 6 heteroatoms. The van der Waals surface area contributed by atoms with Crippen molar-refractivity contribution in [2.45, 2.75) is 69.9 Å². The van der Waals surface area contributed by atoms with Gasteiger partial charge in [-0.15, -0.1) is 11.6 Å². The Morgan fingerprint density at radius 3 is 2.48 bits per heavy atom. The fourth-order valence-corrected chi connectivity index (χ4v) is 4.49. The Morgan fingerprint density at radius 2 is 1.86 bits per heavy atom. The quantitative estimate of drug-likeness (QED) is 0.481. The largest absolute Gasteiger partial charge is 0.351 e. The second kappa shape index (κ2) is 10.8. The van der Waals surface area contributed by atoms with E-state index in [4.69, 9.17) is 11.6 Å². The second-order valence-corrected chi connectivity index (χ2v) is 8.29. The summed E-state index contributed by atoms with van der Waals surface area (Å²) in [6, 6.07) is 5.17. The molecule has 0 aliphatic heterocycles. The maximum absolute atomic E-state index is 13.5. The van der Waals surface area contributed by atoms with Crippen LogP contribution in [0.4, 0.5) is 4.39 Å². The Morgan fingerprint density at radius 1 is 1.14 bits per heavy atom. The minimum absolute atomic E-state index is 0.138. The first kappa shape index (κ1) is 21.8. The van der Waals surface area contributed by atoms with Crippen molar-refractivity contribution < 1.29 is 14.0 Å². The summed E-state index contributed by atoms with van der Waals surface area (Å²) >= 11 is 5.90. The molecule has 1 saturated carbocycles. The Labute approximate surface area is 177 Å². The number of alkyl halides is 1. The van der Waals surface area contributed by atoms with Crippen LogP contribution in [0, 0.1) is 5.82 Å². The second-order valence-electron chi connectivity index (χ2n) is 8.02. The van der Waals surface area contributed by atoms with Crippen LogP contribution in [-0.2, 0) is 9.59 Å². The van der Waals surface area contributed by atoms with Crippen molar-refractivity contribution in [1.82, 2.24) is 10.2 Å². The van der Waals surface area contributed by atoms with Gasteiger partial charge in [-0.2, -0.15) is 0 Å². The number of nitrogens with one attached hydrogen (secondary N) is 1. The van der Waals surface area contributed by atoms with Crippen LogP contribution in [0.2, 0.25) is 0 Å². The van der Waals surface area contributed by atoms with Crippen LogP contribution in [0.3, 0.4) is 0 Å². The van der Waals surface area contributed by atoms with E-state index in [1.165, 1.54) is 30.5 Å². The fourth-order valence-electron chi connectivity index (χ4n) is 4.34. The first-order chi connectivity index (χ1) is 14.1. The molecule has 0 aromatic heterocycles. The standard InChI is InChI=1S/C23H30ClFN2O2/c24-16-21(28)27(15-14-17-6-2-1-3-7-17)22(18-10-12-19(25)13-11-18)23(29)26-20-8-4-5-9-20/h6,10-13,20,22H,1-5,7-9,14-16H2,(H,26,29)/t22-/m1/s1. The molecular weight excluding hydrogens is 391 g/mol. The van der Waals surface area contributed by atoms with Crippen molar-refractivity contribution in [2.75, 3.05) is 12.4 Å². The summed E-state index contributed by atoms with van der Waals surface area (Å²) in [5.41, 5.74) is 1.94. The molecule has 1 fully saturated rings. The van der Waals surface area contributed by atoms with Gasteiger partial charge in [0.2, 0.25) is 11.8 Å². The first-order valence-electron chi connectivity index (χ1n) is 10.7. The minimum atomic E-state index is -0.799. The van der Waals surface area contributed by atoms with Crippen LogP contribution in [0.25, 0.3) is 0 Å². The molecule has 1 aromatic carbocycles. The predicted molar refractivity (Wildman–Crippen MR) is 113 cm³/mol. The molecule has 1 atom stereocenters. The van der Waals surface area contributed by atoms with Gasteiger partial charge in [-0.3, -0.25) is 9.59 Å². The van der Waals surface area contributed by atoms with Crippen molar-refractivity contribution in [3.05, 3.63) is 47.3 Å². The van der Waals surface area contributed by atoms with E-state index in [0.29, 0.717) is 12.1 Å². The number of carbonyl (C=O) groups is 2. The first-order valence-corrected chi connectivity index (χ1v) is 11.2. The molecule has 2 amide bonds. The summed E-state index contributed by atoms with van der Waals surface area (Å²) in [7, 11) is 0. The van der Waals surface area contributed by atoms with Crippen molar-refractivity contribution in [3.63, 3.8) is 0 Å². The number of benzene rings is 1. The Balaban J connectivity index is 1.83. The van der Waals surface area contributed by atoms with Gasteiger partial charge in [-0.1, -0.05) is 36.6 Å². The van der Waals surface area contributed by atoms with Gasteiger partial charge in [0.25, 0.3) is 0 Å². The highest BCUT2D eigenvalue weighted by molar-refractivity contribution is 6.27. The highest BCUT2D eigenvalue weighted by Gasteiger charge is 2.32. The van der Waals surface area contributed by atoms with Crippen LogP contribution in [0.1, 0.15) is 69.4 Å². The lowest BCUT2D eigenvalue weighted by Gasteiger charge is -2.32. The van der Waals surface area contributed by atoms with E-state index < -0.39 is 6.04 Å². The SMILES string of the molecule is O=C(NC1CCCC1)[C@@H](c1ccc(F)cc1)N(CCC1=CCCCC1)C(=O)CCl. The molecule has 4 nitrogen and oxygen atoms in total. The summed E-state index contributed by atoms with van der Waals surface area (Å²) in [6.07, 6.45) is 11.6. The maximum atomic E-state index is 13.5. The summed E-state index contributed by atoms with van der Waals surface area (Å²) < 4.78 is 13.5. The molecule has 0 bridgehead atoms. The third-order valence-corrected chi connectivity index (χ3v) is 6.17. The highest BCUT2D eigenvalue weighted by atomic mass is 35.5. The molecule has 3 rings (SSSR count). The Kier molecular flexibility index (Phi) is 8.10. The van der Waals surface area contributed by atoms with E-state index in [1.54, 1.807) is 17.0 Å². The topological polar surface area (TPSA) is 49.4 Å². The van der Waals surface area contributed by atoms with Crippen LogP contribution in [0.15, 0.2) is 35.9 Å². The zero-order chi connectivity index (χ0) is 20.6. The minimum Gasteiger partial charge on any atom is -0.351 e. The zero-order valence-corrected chi connectivity index (χ0v) is 17.6. The zero-order valence-electron chi connectivity index (χ0n) is 16.8. The molecule has 158 valence electrons. The molecule has 29 heavy (non-hydrogen) atoms. The monoisotopic (exact) mass is 420 g/mol. The number of hydrogen-bond acceptors (Lipinski definition) is 2. The molecule has 1 aromatic rings. The summed E-state index contributed by atoms with van der Waals surface area (Å²) in [5, 5.41) is 3.11. The Hall–Kier alpha value is -1.88. The van der Waals surface area contributed by atoms with E-state index in [1.807, 2.05) is 0 Å². The summed E-state index contributed by atoms with van der Waals surface area (Å²) in [6.45, 7) is 0.428. The fraction of sp³-hybridized carbons (Fsp3) is 0.565. The van der Waals surface area contributed by atoms with Crippen LogP contribution < -0.4 is 5.32 Å². The van der Waals surface area contributed by atoms with E-state index in [9.17, 15) is 14.0 Å². The molecule has 0 unspecified atom stereocenters. The lowest BCUT2D eigenvalue weighted by atomic mass is 9.96. The average molecular weight is 421 g/mol. The lowest BCUT2D eigenvalue weighted by Crippen LogP contribution is -2.47. The van der Waals surface area contributed by atoms with E-state index in [2.05, 4.69) is 11.4 Å². The average Bonchev–Trinajstić information content (AvgIpc) is 3.25. The van der Waals surface area contributed by atoms with Crippen molar-refractivity contribution >= 4 is 23.4 Å². The molecule has 2 aliphatic carbocycles. The van der Waals surface area contributed by atoms with Gasteiger partial charge in [0.05, 0.1) is 0 Å². The van der Waals surface area contributed by atoms with Crippen molar-refractivity contribution in [3.8, 4) is 0 Å². The number of nitrogens with zero attached hydrogens (tertiary/aromatic N) is 1. The summed E-state index contributed by atoms with van der Waals surface area (Å²) in [4.78, 5) is 27.5. The molecule has 0 saturated heterocycles. The maximum Gasteiger partial charge on any atom is 0.247 e. The third-order valence-electron chi connectivity index (χ3n) is 5.94. The number of halogens is 2. The number of allylic oxidation sites excluding steroid dienone is 1. The third kappa shape index (κ3) is 6.05. The molecular formula is C23H30ClFN2O2. The van der Waals surface area contributed by atoms with Gasteiger partial charge in [-0.25, -0.2) is 4.39 Å². The molecule has 2 aliphatic rings. The van der Waals surface area contributed by atoms with Gasteiger partial charge in [0.1, 0.15) is 17.7 Å². The molecule has 0 radical (unpaired) electrons. The summed E-state index contributed by atoms with van der Waals surface area (Å²) in [5.74, 6) is -1.04. The van der Waals surface area contributed by atoms with Crippen LogP contribution in [0.5, 0.6) is 0 Å². The number of hydrogen-bond donors (Lipinski definition) is 1. The number of rotatable bonds is 8. The van der Waals surface area contributed by atoms with Crippen LogP contribution in [-0.4, -0.2) is 35.2 Å². The van der Waals surface area contributed by atoms with Gasteiger partial charge < -0.3 is 10.2 Å². The lowest BCUT2D eigenvalue weighted by molar-refractivity contribution is -0.139. The van der Waals surface area contributed by atoms with Gasteiger partial charge in [-0.05, 0) is 62.6 Å². The smallest absolute Gasteiger partial charge is 0.247 e.